The van der Waals surface area contributed by atoms with E-state index in [-0.39, 0.29) is 36.9 Å². The first-order chi connectivity index (χ1) is 11.1. The predicted molar refractivity (Wildman–Crippen MR) is 108 cm³/mol. The van der Waals surface area contributed by atoms with Crippen LogP contribution >= 0.6 is 24.8 Å². The Bertz CT molecular complexity index is 367. The van der Waals surface area contributed by atoms with Gasteiger partial charge in [-0.3, -0.25) is 9.69 Å². The highest BCUT2D eigenvalue weighted by atomic mass is 35.5. The molecule has 25 heavy (non-hydrogen) atoms. The van der Waals surface area contributed by atoms with Crippen molar-refractivity contribution in [1.29, 1.82) is 0 Å². The van der Waals surface area contributed by atoms with Crippen LogP contribution in [0.4, 0.5) is 0 Å². The van der Waals surface area contributed by atoms with E-state index in [1.807, 2.05) is 0 Å². The number of nitrogens with two attached hydrogens (primary N) is 1. The molecular formula is C18H37Cl2N3O2. The normalized spacial score (nSPS) is 22.0. The Morgan fingerprint density at radius 1 is 1.08 bits per heavy atom. The number of carbonyl (C=O) groups excluding carboxylic acids is 1. The van der Waals surface area contributed by atoms with Crippen molar-refractivity contribution in [2.45, 2.75) is 58.5 Å². The van der Waals surface area contributed by atoms with Gasteiger partial charge in [-0.05, 0) is 31.6 Å². The zero-order valence-electron chi connectivity index (χ0n) is 16.0. The SMILES string of the molecule is CCC(CC)C(C(=O)N1CCC(C(C)N)CC1)N1CCOCC1.Cl.Cl. The summed E-state index contributed by atoms with van der Waals surface area (Å²) in [5, 5.41) is 0. The molecule has 2 aliphatic rings. The Kier molecular flexibility index (Phi) is 12.3. The van der Waals surface area contributed by atoms with Crippen LogP contribution < -0.4 is 5.73 Å². The summed E-state index contributed by atoms with van der Waals surface area (Å²) in [6.45, 7) is 11.5. The van der Waals surface area contributed by atoms with E-state index < -0.39 is 0 Å². The molecule has 2 unspecified atom stereocenters. The van der Waals surface area contributed by atoms with Crippen molar-refractivity contribution in [2.24, 2.45) is 17.6 Å². The van der Waals surface area contributed by atoms with E-state index in [0.29, 0.717) is 17.7 Å². The Morgan fingerprint density at radius 2 is 1.60 bits per heavy atom. The molecule has 2 fully saturated rings. The van der Waals surface area contributed by atoms with Gasteiger partial charge in [0.2, 0.25) is 5.91 Å². The van der Waals surface area contributed by atoms with Crippen LogP contribution in [-0.2, 0) is 9.53 Å². The Morgan fingerprint density at radius 3 is 2.04 bits per heavy atom. The average molecular weight is 398 g/mol. The standard InChI is InChI=1S/C18H35N3O2.2ClH/c1-4-15(5-2)17(20-10-12-23-13-11-20)18(22)21-8-6-16(7-9-21)14(3)19;;/h14-17H,4-13,19H2,1-3H3;2*1H. The molecule has 1 amide bonds. The molecule has 0 spiro atoms. The smallest absolute Gasteiger partial charge is 0.240 e. The number of ether oxygens (including phenoxy) is 1. The fourth-order valence-corrected chi connectivity index (χ4v) is 4.08. The van der Waals surface area contributed by atoms with Crippen molar-refractivity contribution in [3.8, 4) is 0 Å². The maximum Gasteiger partial charge on any atom is 0.240 e. The molecular weight excluding hydrogens is 361 g/mol. The maximum atomic E-state index is 13.2. The van der Waals surface area contributed by atoms with E-state index >= 15 is 0 Å². The van der Waals surface area contributed by atoms with E-state index in [2.05, 4.69) is 30.6 Å². The summed E-state index contributed by atoms with van der Waals surface area (Å²) < 4.78 is 5.48. The van der Waals surface area contributed by atoms with Gasteiger partial charge in [0.25, 0.3) is 0 Å². The molecule has 0 bridgehead atoms. The van der Waals surface area contributed by atoms with E-state index in [0.717, 1.165) is 65.1 Å². The first kappa shape index (κ1) is 24.9. The third-order valence-corrected chi connectivity index (χ3v) is 5.78. The van der Waals surface area contributed by atoms with Crippen LogP contribution in [0.1, 0.15) is 46.5 Å². The van der Waals surface area contributed by atoms with Crippen molar-refractivity contribution in [1.82, 2.24) is 9.80 Å². The molecule has 2 atom stereocenters. The highest BCUT2D eigenvalue weighted by molar-refractivity contribution is 5.85. The summed E-state index contributed by atoms with van der Waals surface area (Å²) in [4.78, 5) is 17.7. The van der Waals surface area contributed by atoms with Gasteiger partial charge in [-0.25, -0.2) is 0 Å². The number of hydrogen-bond donors (Lipinski definition) is 1. The fraction of sp³-hybridized carbons (Fsp3) is 0.944. The predicted octanol–water partition coefficient (Wildman–Crippen LogP) is 2.55. The molecule has 0 aromatic rings. The number of carbonyl (C=O) groups is 1. The van der Waals surface area contributed by atoms with Gasteiger partial charge in [0.1, 0.15) is 0 Å². The number of morpholine rings is 1. The van der Waals surface area contributed by atoms with Crippen LogP contribution in [-0.4, -0.2) is 67.2 Å². The van der Waals surface area contributed by atoms with Gasteiger partial charge < -0.3 is 15.4 Å². The summed E-state index contributed by atoms with van der Waals surface area (Å²) in [5.74, 6) is 1.34. The summed E-state index contributed by atoms with van der Waals surface area (Å²) in [7, 11) is 0. The van der Waals surface area contributed by atoms with Gasteiger partial charge >= 0.3 is 0 Å². The lowest BCUT2D eigenvalue weighted by Gasteiger charge is -2.42. The van der Waals surface area contributed by atoms with E-state index in [4.69, 9.17) is 10.5 Å². The van der Waals surface area contributed by atoms with E-state index in [1.54, 1.807) is 0 Å². The minimum Gasteiger partial charge on any atom is -0.379 e. The number of amides is 1. The third kappa shape index (κ3) is 6.55. The lowest BCUT2D eigenvalue weighted by Crippen LogP contribution is -2.56. The highest BCUT2D eigenvalue weighted by Gasteiger charge is 2.37. The first-order valence-corrected chi connectivity index (χ1v) is 9.44. The molecule has 0 aromatic carbocycles. The zero-order valence-corrected chi connectivity index (χ0v) is 17.6. The van der Waals surface area contributed by atoms with Crippen LogP contribution in [0.5, 0.6) is 0 Å². The van der Waals surface area contributed by atoms with Gasteiger partial charge in [0.05, 0.1) is 19.3 Å². The number of halogens is 2. The number of piperidine rings is 1. The minimum atomic E-state index is 0. The second-order valence-corrected chi connectivity index (χ2v) is 7.19. The summed E-state index contributed by atoms with van der Waals surface area (Å²) >= 11 is 0. The van der Waals surface area contributed by atoms with Gasteiger partial charge in [-0.1, -0.05) is 26.7 Å². The van der Waals surface area contributed by atoms with Gasteiger partial charge in [0.15, 0.2) is 0 Å². The largest absolute Gasteiger partial charge is 0.379 e. The quantitative estimate of drug-likeness (QED) is 0.747. The van der Waals surface area contributed by atoms with Crippen LogP contribution in [0.25, 0.3) is 0 Å². The summed E-state index contributed by atoms with van der Waals surface area (Å²) in [6.07, 6.45) is 4.20. The molecule has 0 radical (unpaired) electrons. The Labute approximate surface area is 165 Å². The van der Waals surface area contributed by atoms with Crippen LogP contribution in [0.3, 0.4) is 0 Å². The maximum absolute atomic E-state index is 13.2. The number of rotatable bonds is 6. The molecule has 0 aromatic heterocycles. The minimum absolute atomic E-state index is 0. The summed E-state index contributed by atoms with van der Waals surface area (Å²) in [5.41, 5.74) is 6.03. The number of hydrogen-bond acceptors (Lipinski definition) is 4. The van der Waals surface area contributed by atoms with Crippen molar-refractivity contribution in [2.75, 3.05) is 39.4 Å². The van der Waals surface area contributed by atoms with Gasteiger partial charge in [0, 0.05) is 32.2 Å². The third-order valence-electron chi connectivity index (χ3n) is 5.78. The molecule has 0 aliphatic carbocycles. The molecule has 2 rings (SSSR count). The fourth-order valence-electron chi connectivity index (χ4n) is 4.08. The van der Waals surface area contributed by atoms with E-state index in [1.165, 1.54) is 0 Å². The Balaban J connectivity index is 0.00000288. The average Bonchev–Trinajstić information content (AvgIpc) is 2.59. The highest BCUT2D eigenvalue weighted by Crippen LogP contribution is 2.25. The molecule has 5 nitrogen and oxygen atoms in total. The number of likely N-dealkylation sites (tertiary alicyclic amines) is 1. The van der Waals surface area contributed by atoms with Crippen molar-refractivity contribution < 1.29 is 9.53 Å². The monoisotopic (exact) mass is 397 g/mol. The molecule has 0 saturated carbocycles. The molecule has 2 heterocycles. The van der Waals surface area contributed by atoms with Gasteiger partial charge in [-0.2, -0.15) is 0 Å². The van der Waals surface area contributed by atoms with Crippen molar-refractivity contribution in [3.05, 3.63) is 0 Å². The second-order valence-electron chi connectivity index (χ2n) is 7.19. The van der Waals surface area contributed by atoms with Crippen molar-refractivity contribution in [3.63, 3.8) is 0 Å². The van der Waals surface area contributed by atoms with E-state index in [9.17, 15) is 4.79 Å². The topological polar surface area (TPSA) is 58.8 Å². The molecule has 150 valence electrons. The molecule has 7 heteroatoms. The first-order valence-electron chi connectivity index (χ1n) is 9.44. The molecule has 2 N–H and O–H groups in total. The Hall–Kier alpha value is -0.0700. The van der Waals surface area contributed by atoms with Crippen LogP contribution in [0.2, 0.25) is 0 Å². The lowest BCUT2D eigenvalue weighted by molar-refractivity contribution is -0.143. The molecule has 2 aliphatic heterocycles. The number of nitrogens with zero attached hydrogens (tertiary/aromatic N) is 2. The van der Waals surface area contributed by atoms with Crippen molar-refractivity contribution >= 4 is 30.7 Å². The van der Waals surface area contributed by atoms with Gasteiger partial charge in [-0.15, -0.1) is 24.8 Å². The second kappa shape index (κ2) is 12.3. The summed E-state index contributed by atoms with van der Waals surface area (Å²) in [6, 6.07) is 0.266. The van der Waals surface area contributed by atoms with Crippen LogP contribution in [0.15, 0.2) is 0 Å². The van der Waals surface area contributed by atoms with Crippen LogP contribution in [0, 0.1) is 11.8 Å². The zero-order chi connectivity index (χ0) is 16.8. The lowest BCUT2D eigenvalue weighted by atomic mass is 9.88. The molecule has 2 saturated heterocycles.